The first-order valence-corrected chi connectivity index (χ1v) is 11.9. The summed E-state index contributed by atoms with van der Waals surface area (Å²) >= 11 is 0. The normalized spacial score (nSPS) is 11.2. The molecule has 0 unspecified atom stereocenters. The van der Waals surface area contributed by atoms with Crippen LogP contribution in [0, 0.1) is 6.92 Å². The average Bonchev–Trinajstić information content (AvgIpc) is 3.54. The van der Waals surface area contributed by atoms with Crippen molar-refractivity contribution >= 4 is 22.8 Å². The summed E-state index contributed by atoms with van der Waals surface area (Å²) < 4.78 is 3.40. The molecule has 8 heteroatoms. The summed E-state index contributed by atoms with van der Waals surface area (Å²) in [5.74, 6) is 0.402. The molecule has 0 atom stereocenters. The number of rotatable bonds is 6. The van der Waals surface area contributed by atoms with Gasteiger partial charge in [-0.05, 0) is 30.2 Å². The van der Waals surface area contributed by atoms with E-state index >= 15 is 0 Å². The molecule has 3 aromatic carbocycles. The highest BCUT2D eigenvalue weighted by Crippen LogP contribution is 2.28. The molecule has 1 N–H and O–H groups in total. The van der Waals surface area contributed by atoms with Gasteiger partial charge < -0.3 is 5.32 Å². The quantitative estimate of drug-likeness (QED) is 0.355. The molecule has 1 amide bonds. The van der Waals surface area contributed by atoms with E-state index in [0.717, 1.165) is 22.5 Å². The summed E-state index contributed by atoms with van der Waals surface area (Å²) in [6, 6.07) is 31.1. The topological polar surface area (TPSA) is 90.5 Å². The van der Waals surface area contributed by atoms with Crippen LogP contribution in [0.5, 0.6) is 0 Å². The van der Waals surface area contributed by atoms with Crippen molar-refractivity contribution in [2.24, 2.45) is 0 Å². The maximum absolute atomic E-state index is 13.8. The fourth-order valence-electron chi connectivity index (χ4n) is 4.49. The minimum Gasteiger partial charge on any atom is -0.310 e. The lowest BCUT2D eigenvalue weighted by atomic mass is 9.90. The molecule has 0 aliphatic carbocycles. The summed E-state index contributed by atoms with van der Waals surface area (Å²) in [5.41, 5.74) is 4.09. The smallest absolute Gasteiger partial charge is 0.237 e. The van der Waals surface area contributed by atoms with Gasteiger partial charge in [0.25, 0.3) is 0 Å². The van der Waals surface area contributed by atoms with Gasteiger partial charge in [-0.15, -0.1) is 0 Å². The second-order valence-electron chi connectivity index (χ2n) is 8.65. The van der Waals surface area contributed by atoms with Gasteiger partial charge in [-0.2, -0.15) is 14.9 Å². The molecule has 0 aliphatic heterocycles. The molecule has 0 aliphatic rings. The van der Waals surface area contributed by atoms with Crippen molar-refractivity contribution in [3.05, 3.63) is 126 Å². The Labute approximate surface area is 213 Å². The third-order valence-electron chi connectivity index (χ3n) is 6.16. The molecule has 3 heterocycles. The molecule has 6 rings (SSSR count). The standard InChI is InChI=1S/C29H23N7O/c1-20-17-25(33-29(37)26(21-11-5-2-6-12-21)22-13-7-3-8-14-22)36(34-20)28-24-18-32-35(27(24)30-19-31-28)23-15-9-4-10-16-23/h2-19,26H,1H3,(H,33,37). The number of para-hydroxylation sites is 1. The molecule has 6 aromatic rings. The van der Waals surface area contributed by atoms with Crippen molar-refractivity contribution < 1.29 is 4.79 Å². The van der Waals surface area contributed by atoms with Gasteiger partial charge in [0, 0.05) is 6.07 Å². The van der Waals surface area contributed by atoms with Crippen LogP contribution in [-0.2, 0) is 4.79 Å². The minimum absolute atomic E-state index is 0.163. The van der Waals surface area contributed by atoms with E-state index in [4.69, 9.17) is 0 Å². The van der Waals surface area contributed by atoms with Gasteiger partial charge in [0.15, 0.2) is 11.5 Å². The Morgan fingerprint density at radius 3 is 2.08 bits per heavy atom. The SMILES string of the molecule is Cc1cc(NC(=O)C(c2ccccc2)c2ccccc2)n(-c2ncnc3c2cnn3-c2ccccc2)n1. The van der Waals surface area contributed by atoms with Crippen LogP contribution in [0.15, 0.2) is 110 Å². The van der Waals surface area contributed by atoms with Gasteiger partial charge in [-0.25, -0.2) is 14.6 Å². The number of fused-ring (bicyclic) bond motifs is 1. The largest absolute Gasteiger partial charge is 0.310 e. The summed E-state index contributed by atoms with van der Waals surface area (Å²) in [4.78, 5) is 22.7. The van der Waals surface area contributed by atoms with Crippen LogP contribution in [0.2, 0.25) is 0 Å². The first-order valence-electron chi connectivity index (χ1n) is 11.9. The van der Waals surface area contributed by atoms with Crippen LogP contribution < -0.4 is 5.32 Å². The number of carbonyl (C=O) groups excluding carboxylic acids is 1. The second-order valence-corrected chi connectivity index (χ2v) is 8.65. The van der Waals surface area contributed by atoms with Crippen molar-refractivity contribution in [3.63, 3.8) is 0 Å². The Morgan fingerprint density at radius 2 is 1.43 bits per heavy atom. The molecule has 0 spiro atoms. The van der Waals surface area contributed by atoms with Crippen molar-refractivity contribution in [1.29, 1.82) is 0 Å². The zero-order chi connectivity index (χ0) is 25.2. The van der Waals surface area contributed by atoms with Crippen LogP contribution in [0.1, 0.15) is 22.7 Å². The van der Waals surface area contributed by atoms with Crippen LogP contribution in [0.25, 0.3) is 22.5 Å². The molecule has 0 bridgehead atoms. The Morgan fingerprint density at radius 1 is 0.811 bits per heavy atom. The van der Waals surface area contributed by atoms with Gasteiger partial charge in [0.05, 0.1) is 28.9 Å². The fraction of sp³-hybridized carbons (Fsp3) is 0.0690. The van der Waals surface area contributed by atoms with Crippen LogP contribution in [0.3, 0.4) is 0 Å². The molecule has 0 saturated carbocycles. The van der Waals surface area contributed by atoms with Gasteiger partial charge in [-0.3, -0.25) is 4.79 Å². The van der Waals surface area contributed by atoms with Gasteiger partial charge in [0.2, 0.25) is 5.91 Å². The molecule has 180 valence electrons. The highest BCUT2D eigenvalue weighted by atomic mass is 16.2. The molecule has 8 nitrogen and oxygen atoms in total. The maximum atomic E-state index is 13.8. The average molecular weight is 486 g/mol. The molecule has 37 heavy (non-hydrogen) atoms. The van der Waals surface area contributed by atoms with Crippen molar-refractivity contribution in [2.45, 2.75) is 12.8 Å². The number of carbonyl (C=O) groups is 1. The Bertz CT molecular complexity index is 1640. The summed E-state index contributed by atoms with van der Waals surface area (Å²) in [6.07, 6.45) is 3.20. The van der Waals surface area contributed by atoms with Gasteiger partial charge in [-0.1, -0.05) is 78.9 Å². The van der Waals surface area contributed by atoms with E-state index in [1.54, 1.807) is 15.6 Å². The molecular formula is C29H23N7O. The Kier molecular flexibility index (Phi) is 5.74. The zero-order valence-electron chi connectivity index (χ0n) is 20.1. The van der Waals surface area contributed by atoms with E-state index in [1.165, 1.54) is 6.33 Å². The van der Waals surface area contributed by atoms with E-state index in [-0.39, 0.29) is 5.91 Å². The lowest BCUT2D eigenvalue weighted by molar-refractivity contribution is -0.116. The van der Waals surface area contributed by atoms with Crippen LogP contribution in [-0.4, -0.2) is 35.4 Å². The van der Waals surface area contributed by atoms with E-state index in [1.807, 2.05) is 104 Å². The summed E-state index contributed by atoms with van der Waals surface area (Å²) in [5, 5.41) is 13.0. The Hall–Kier alpha value is -5.11. The number of aryl methyl sites for hydroxylation is 1. The third-order valence-corrected chi connectivity index (χ3v) is 6.16. The minimum atomic E-state index is -0.489. The number of benzene rings is 3. The summed E-state index contributed by atoms with van der Waals surface area (Å²) in [7, 11) is 0. The molecule has 3 aromatic heterocycles. The number of nitrogens with one attached hydrogen (secondary N) is 1. The monoisotopic (exact) mass is 485 g/mol. The van der Waals surface area contributed by atoms with Gasteiger partial charge >= 0.3 is 0 Å². The highest BCUT2D eigenvalue weighted by Gasteiger charge is 2.25. The number of hydrogen-bond donors (Lipinski definition) is 1. The molecule has 0 fully saturated rings. The first-order chi connectivity index (χ1) is 18.2. The van der Waals surface area contributed by atoms with E-state index in [0.29, 0.717) is 22.7 Å². The predicted molar refractivity (Wildman–Crippen MR) is 142 cm³/mol. The number of amides is 1. The highest BCUT2D eigenvalue weighted by molar-refractivity contribution is 5.98. The Balaban J connectivity index is 1.40. The number of hydrogen-bond acceptors (Lipinski definition) is 5. The predicted octanol–water partition coefficient (Wildman–Crippen LogP) is 5.08. The summed E-state index contributed by atoms with van der Waals surface area (Å²) in [6.45, 7) is 1.88. The zero-order valence-corrected chi connectivity index (χ0v) is 20.1. The molecular weight excluding hydrogens is 462 g/mol. The maximum Gasteiger partial charge on any atom is 0.237 e. The van der Waals surface area contributed by atoms with Gasteiger partial charge in [0.1, 0.15) is 12.1 Å². The molecule has 0 radical (unpaired) electrons. The first kappa shape index (κ1) is 22.4. The van der Waals surface area contributed by atoms with Crippen molar-refractivity contribution in [3.8, 4) is 11.5 Å². The lowest BCUT2D eigenvalue weighted by Gasteiger charge is -2.18. The third kappa shape index (κ3) is 4.25. The fourth-order valence-corrected chi connectivity index (χ4v) is 4.49. The lowest BCUT2D eigenvalue weighted by Crippen LogP contribution is -2.23. The molecule has 0 saturated heterocycles. The van der Waals surface area contributed by atoms with Crippen LogP contribution in [0.4, 0.5) is 5.82 Å². The second kappa shape index (κ2) is 9.50. The van der Waals surface area contributed by atoms with Crippen molar-refractivity contribution in [2.75, 3.05) is 5.32 Å². The number of nitrogens with zero attached hydrogens (tertiary/aromatic N) is 6. The number of anilines is 1. The van der Waals surface area contributed by atoms with E-state index in [9.17, 15) is 4.79 Å². The van der Waals surface area contributed by atoms with E-state index < -0.39 is 5.92 Å². The number of aromatic nitrogens is 6. The van der Waals surface area contributed by atoms with Crippen LogP contribution >= 0.6 is 0 Å². The van der Waals surface area contributed by atoms with Crippen molar-refractivity contribution in [1.82, 2.24) is 29.5 Å². The van der Waals surface area contributed by atoms with E-state index in [2.05, 4.69) is 25.5 Å².